The first-order chi connectivity index (χ1) is 10.1. The van der Waals surface area contributed by atoms with Crippen LogP contribution in [0.4, 0.5) is 5.82 Å². The minimum atomic E-state index is -0.0644. The van der Waals surface area contributed by atoms with Crippen LogP contribution in [0.15, 0.2) is 35.6 Å². The molecule has 0 atom stereocenters. The zero-order valence-corrected chi connectivity index (χ0v) is 12.1. The first-order valence-electron chi connectivity index (χ1n) is 5.96. The predicted octanol–water partition coefficient (Wildman–Crippen LogP) is 1.91. The van der Waals surface area contributed by atoms with Gasteiger partial charge in [0.05, 0.1) is 19.1 Å². The van der Waals surface area contributed by atoms with E-state index in [1.54, 1.807) is 31.4 Å². The van der Waals surface area contributed by atoms with Gasteiger partial charge in [0.2, 0.25) is 0 Å². The molecule has 0 saturated heterocycles. The number of ketones is 1. The van der Waals surface area contributed by atoms with Crippen molar-refractivity contribution in [2.24, 2.45) is 0 Å². The van der Waals surface area contributed by atoms with Gasteiger partial charge in [-0.05, 0) is 12.1 Å². The van der Waals surface area contributed by atoms with Gasteiger partial charge in [-0.15, -0.1) is 0 Å². The van der Waals surface area contributed by atoms with Crippen molar-refractivity contribution in [2.75, 3.05) is 18.6 Å². The Morgan fingerprint density at radius 3 is 3.00 bits per heavy atom. The molecule has 0 aliphatic heterocycles. The second-order valence-electron chi connectivity index (χ2n) is 4.01. The van der Waals surface area contributed by atoms with Gasteiger partial charge in [0.1, 0.15) is 23.2 Å². The third-order valence-electron chi connectivity index (χ3n) is 2.64. The highest BCUT2D eigenvalue weighted by Gasteiger charge is 2.10. The average molecular weight is 300 g/mol. The van der Waals surface area contributed by atoms with Crippen molar-refractivity contribution in [3.63, 3.8) is 0 Å². The van der Waals surface area contributed by atoms with E-state index in [0.29, 0.717) is 16.5 Å². The van der Waals surface area contributed by atoms with E-state index in [9.17, 15) is 4.79 Å². The van der Waals surface area contributed by atoms with Crippen LogP contribution < -0.4 is 10.5 Å². The first-order valence-corrected chi connectivity index (χ1v) is 6.95. The highest BCUT2D eigenvalue weighted by Crippen LogP contribution is 2.19. The summed E-state index contributed by atoms with van der Waals surface area (Å²) in [5.74, 6) is 0.859. The Morgan fingerprint density at radius 1 is 1.52 bits per heavy atom. The number of nitrogens with two attached hydrogens (primary N) is 1. The number of methoxy groups -OCH3 is 1. The van der Waals surface area contributed by atoms with Crippen LogP contribution in [0.25, 0.3) is 0 Å². The number of anilines is 1. The Bertz CT molecular complexity index is 712. The lowest BCUT2D eigenvalue weighted by Gasteiger charge is -2.04. The maximum Gasteiger partial charge on any atom is 0.189 e. The van der Waals surface area contributed by atoms with E-state index in [0.717, 1.165) is 0 Å². The van der Waals surface area contributed by atoms with Crippen molar-refractivity contribution in [1.82, 2.24) is 9.97 Å². The number of hydrogen-bond acceptors (Lipinski definition) is 7. The van der Waals surface area contributed by atoms with Gasteiger partial charge in [0.15, 0.2) is 10.9 Å². The minimum Gasteiger partial charge on any atom is -0.497 e. The van der Waals surface area contributed by atoms with Crippen LogP contribution in [0, 0.1) is 11.3 Å². The normalized spacial score (nSPS) is 9.90. The summed E-state index contributed by atoms with van der Waals surface area (Å²) in [6, 6.07) is 8.81. The molecular formula is C14H12N4O2S. The van der Waals surface area contributed by atoms with Crippen molar-refractivity contribution < 1.29 is 9.53 Å². The lowest BCUT2D eigenvalue weighted by molar-refractivity contribution is 0.102. The molecule has 1 heterocycles. The second kappa shape index (κ2) is 6.72. The fraction of sp³-hybridized carbons (Fsp3) is 0.143. The standard InChI is InChI=1S/C14H12N4O2S/c1-20-11-4-2-3-9(5-11)12(19)8-21-14-17-7-10(6-15)13(16)18-14/h2-5,7H,8H2,1H3,(H2,16,17,18). The number of Topliss-reactive ketones (excluding diaryl/α,β-unsaturated/α-hetero) is 1. The monoisotopic (exact) mass is 300 g/mol. The molecule has 0 bridgehead atoms. The van der Waals surface area contributed by atoms with E-state index >= 15 is 0 Å². The fourth-order valence-corrected chi connectivity index (χ4v) is 2.26. The summed E-state index contributed by atoms with van der Waals surface area (Å²) in [7, 11) is 1.55. The molecule has 2 aromatic rings. The zero-order valence-electron chi connectivity index (χ0n) is 11.2. The van der Waals surface area contributed by atoms with Crippen LogP contribution in [-0.4, -0.2) is 28.6 Å². The largest absolute Gasteiger partial charge is 0.497 e. The molecule has 0 saturated carbocycles. The quantitative estimate of drug-likeness (QED) is 0.511. The second-order valence-corrected chi connectivity index (χ2v) is 4.95. The number of rotatable bonds is 5. The average Bonchev–Trinajstić information content (AvgIpc) is 2.52. The van der Waals surface area contributed by atoms with Crippen LogP contribution in [0.1, 0.15) is 15.9 Å². The fourth-order valence-electron chi connectivity index (χ4n) is 1.54. The number of aromatic nitrogens is 2. The van der Waals surface area contributed by atoms with E-state index in [2.05, 4.69) is 9.97 Å². The predicted molar refractivity (Wildman–Crippen MR) is 79.2 cm³/mol. The summed E-state index contributed by atoms with van der Waals surface area (Å²) in [6.07, 6.45) is 1.35. The lowest BCUT2D eigenvalue weighted by atomic mass is 10.1. The molecule has 7 heteroatoms. The molecule has 0 unspecified atom stereocenters. The molecule has 0 spiro atoms. The van der Waals surface area contributed by atoms with Crippen LogP contribution in [0.2, 0.25) is 0 Å². The molecule has 1 aromatic heterocycles. The summed E-state index contributed by atoms with van der Waals surface area (Å²) >= 11 is 1.17. The Morgan fingerprint density at radius 2 is 2.33 bits per heavy atom. The van der Waals surface area contributed by atoms with E-state index in [1.165, 1.54) is 18.0 Å². The van der Waals surface area contributed by atoms with E-state index in [-0.39, 0.29) is 22.9 Å². The number of thioether (sulfide) groups is 1. The van der Waals surface area contributed by atoms with E-state index in [1.807, 2.05) is 6.07 Å². The maximum atomic E-state index is 12.1. The molecule has 0 radical (unpaired) electrons. The summed E-state index contributed by atoms with van der Waals surface area (Å²) in [4.78, 5) is 20.0. The number of nitrogen functional groups attached to an aromatic ring is 1. The van der Waals surface area contributed by atoms with Crippen molar-refractivity contribution in [3.05, 3.63) is 41.6 Å². The van der Waals surface area contributed by atoms with Crippen molar-refractivity contribution in [1.29, 1.82) is 5.26 Å². The molecule has 1 aromatic carbocycles. The van der Waals surface area contributed by atoms with Crippen LogP contribution in [0.3, 0.4) is 0 Å². The molecular weight excluding hydrogens is 288 g/mol. The Balaban J connectivity index is 2.04. The number of nitriles is 1. The number of hydrogen-bond donors (Lipinski definition) is 1. The van der Waals surface area contributed by atoms with Gasteiger partial charge in [-0.1, -0.05) is 23.9 Å². The van der Waals surface area contributed by atoms with Gasteiger partial charge < -0.3 is 10.5 Å². The number of carbonyl (C=O) groups excluding carboxylic acids is 1. The molecule has 0 amide bonds. The number of carbonyl (C=O) groups is 1. The van der Waals surface area contributed by atoms with E-state index in [4.69, 9.17) is 15.7 Å². The molecule has 21 heavy (non-hydrogen) atoms. The van der Waals surface area contributed by atoms with Gasteiger partial charge in [0, 0.05) is 5.56 Å². The topological polar surface area (TPSA) is 102 Å². The summed E-state index contributed by atoms with van der Waals surface area (Å²) < 4.78 is 5.08. The third-order valence-corrected chi connectivity index (χ3v) is 3.50. The van der Waals surface area contributed by atoms with Crippen molar-refractivity contribution in [3.8, 4) is 11.8 Å². The summed E-state index contributed by atoms with van der Waals surface area (Å²) in [6.45, 7) is 0. The molecule has 6 nitrogen and oxygen atoms in total. The van der Waals surface area contributed by atoms with Crippen LogP contribution in [-0.2, 0) is 0 Å². The maximum absolute atomic E-state index is 12.1. The SMILES string of the molecule is COc1cccc(C(=O)CSc2ncc(C#N)c(N)n2)c1. The zero-order chi connectivity index (χ0) is 15.2. The third kappa shape index (κ3) is 3.70. The smallest absolute Gasteiger partial charge is 0.189 e. The molecule has 2 rings (SSSR count). The molecule has 0 aliphatic carbocycles. The lowest BCUT2D eigenvalue weighted by Crippen LogP contribution is -2.04. The molecule has 2 N–H and O–H groups in total. The molecule has 0 aliphatic rings. The van der Waals surface area contributed by atoms with Crippen LogP contribution >= 0.6 is 11.8 Å². The number of nitrogens with zero attached hydrogens (tertiary/aromatic N) is 3. The van der Waals surface area contributed by atoms with Crippen molar-refractivity contribution in [2.45, 2.75) is 5.16 Å². The highest BCUT2D eigenvalue weighted by atomic mass is 32.2. The van der Waals surface area contributed by atoms with Gasteiger partial charge >= 0.3 is 0 Å². The Kier molecular flexibility index (Phi) is 4.74. The van der Waals surface area contributed by atoms with E-state index < -0.39 is 0 Å². The van der Waals surface area contributed by atoms with Crippen molar-refractivity contribution >= 4 is 23.4 Å². The minimum absolute atomic E-state index is 0.0644. The van der Waals surface area contributed by atoms with Gasteiger partial charge in [-0.2, -0.15) is 5.26 Å². The van der Waals surface area contributed by atoms with Crippen LogP contribution in [0.5, 0.6) is 5.75 Å². The Hall–Kier alpha value is -2.59. The number of ether oxygens (including phenoxy) is 1. The highest BCUT2D eigenvalue weighted by molar-refractivity contribution is 7.99. The Labute approximate surface area is 126 Å². The van der Waals surface area contributed by atoms with Gasteiger partial charge in [-0.3, -0.25) is 4.79 Å². The summed E-state index contributed by atoms with van der Waals surface area (Å²) in [5.41, 5.74) is 6.38. The van der Waals surface area contributed by atoms with Gasteiger partial charge in [-0.25, -0.2) is 9.97 Å². The first kappa shape index (κ1) is 14.8. The molecule has 0 fully saturated rings. The van der Waals surface area contributed by atoms with Gasteiger partial charge in [0.25, 0.3) is 0 Å². The molecule has 106 valence electrons. The summed E-state index contributed by atoms with van der Waals surface area (Å²) in [5, 5.41) is 9.11. The number of benzene rings is 1.